The van der Waals surface area contributed by atoms with Gasteiger partial charge in [0.2, 0.25) is 5.95 Å². The van der Waals surface area contributed by atoms with Crippen LogP contribution in [0.15, 0.2) is 41.1 Å². The average molecular weight is 462 g/mol. The smallest absolute Gasteiger partial charge is 0.407 e. The lowest BCUT2D eigenvalue weighted by molar-refractivity contribution is 0.150. The molecule has 1 aromatic carbocycles. The quantitative estimate of drug-likeness (QED) is 0.563. The van der Waals surface area contributed by atoms with Crippen LogP contribution in [0.1, 0.15) is 49.6 Å². The lowest BCUT2D eigenvalue weighted by Gasteiger charge is -2.31. The third-order valence-corrected chi connectivity index (χ3v) is 6.88. The first kappa shape index (κ1) is 22.4. The van der Waals surface area contributed by atoms with Gasteiger partial charge in [-0.15, -0.1) is 0 Å². The van der Waals surface area contributed by atoms with Crippen molar-refractivity contribution >= 4 is 28.7 Å². The van der Waals surface area contributed by atoms with Crippen molar-refractivity contribution in [2.45, 2.75) is 45.4 Å². The maximum atomic E-state index is 11.2. The minimum absolute atomic E-state index is 0.408. The van der Waals surface area contributed by atoms with Gasteiger partial charge in [0.1, 0.15) is 5.52 Å². The highest BCUT2D eigenvalue weighted by Crippen LogP contribution is 2.31. The van der Waals surface area contributed by atoms with E-state index in [1.165, 1.54) is 10.5 Å². The Kier molecular flexibility index (Phi) is 6.47. The van der Waals surface area contributed by atoms with Gasteiger partial charge in [-0.3, -0.25) is 0 Å². The van der Waals surface area contributed by atoms with E-state index >= 15 is 0 Å². The highest BCUT2D eigenvalue weighted by atomic mass is 16.4. The van der Waals surface area contributed by atoms with Gasteiger partial charge in [-0.25, -0.2) is 19.7 Å². The molecule has 0 saturated carbocycles. The zero-order chi connectivity index (χ0) is 23.5. The Morgan fingerprint density at radius 3 is 2.65 bits per heavy atom. The Bertz CT molecular complexity index is 1180. The monoisotopic (exact) mass is 461 g/mol. The molecule has 34 heavy (non-hydrogen) atoms. The van der Waals surface area contributed by atoms with Crippen LogP contribution in [0, 0.1) is 5.92 Å². The van der Waals surface area contributed by atoms with Crippen molar-refractivity contribution in [1.82, 2.24) is 19.9 Å². The number of benzene rings is 1. The van der Waals surface area contributed by atoms with Gasteiger partial charge < -0.3 is 19.3 Å². The summed E-state index contributed by atoms with van der Waals surface area (Å²) in [5, 5.41) is 9.20. The summed E-state index contributed by atoms with van der Waals surface area (Å²) in [5.41, 5.74) is 5.03. The predicted octanol–water partition coefficient (Wildman–Crippen LogP) is 4.80. The molecule has 3 aromatic rings. The van der Waals surface area contributed by atoms with Gasteiger partial charge in [-0.2, -0.15) is 0 Å². The lowest BCUT2D eigenvalue weighted by atomic mass is 9.94. The number of amides is 1. The molecule has 1 amide bonds. The highest BCUT2D eigenvalue weighted by molar-refractivity contribution is 5.88. The molecule has 0 atom stereocenters. The van der Waals surface area contributed by atoms with Crippen LogP contribution in [0.4, 0.5) is 10.7 Å². The molecule has 5 rings (SSSR count). The Morgan fingerprint density at radius 1 is 1.18 bits per heavy atom. The van der Waals surface area contributed by atoms with Gasteiger partial charge in [0, 0.05) is 50.6 Å². The first-order valence-electron chi connectivity index (χ1n) is 12.2. The summed E-state index contributed by atoms with van der Waals surface area (Å²) in [4.78, 5) is 28.8. The topological polar surface area (TPSA) is 95.6 Å². The fourth-order valence-electron chi connectivity index (χ4n) is 4.94. The average Bonchev–Trinajstić information content (AvgIpc) is 3.28. The molecule has 178 valence electrons. The Labute approximate surface area is 199 Å². The van der Waals surface area contributed by atoms with Crippen LogP contribution in [0.25, 0.3) is 16.7 Å². The molecular formula is C26H31N5O3. The van der Waals surface area contributed by atoms with E-state index in [9.17, 15) is 9.90 Å². The zero-order valence-electron chi connectivity index (χ0n) is 19.6. The fraction of sp³-hybridized carbons (Fsp3) is 0.462. The summed E-state index contributed by atoms with van der Waals surface area (Å²) >= 11 is 0. The fourth-order valence-corrected chi connectivity index (χ4v) is 4.94. The number of oxazole rings is 1. The number of aromatic nitrogens is 3. The van der Waals surface area contributed by atoms with Gasteiger partial charge in [-0.1, -0.05) is 31.6 Å². The molecule has 0 bridgehead atoms. The number of aryl methyl sites for hydroxylation is 1. The summed E-state index contributed by atoms with van der Waals surface area (Å²) in [7, 11) is 0. The van der Waals surface area contributed by atoms with Gasteiger partial charge in [0.05, 0.1) is 0 Å². The second-order valence-electron chi connectivity index (χ2n) is 9.25. The van der Waals surface area contributed by atoms with Crippen molar-refractivity contribution in [2.24, 2.45) is 5.92 Å². The Morgan fingerprint density at radius 2 is 1.97 bits per heavy atom. The molecule has 1 fully saturated rings. The van der Waals surface area contributed by atoms with Crippen molar-refractivity contribution in [3.63, 3.8) is 0 Å². The van der Waals surface area contributed by atoms with Crippen LogP contribution in [-0.4, -0.2) is 57.2 Å². The number of nitrogens with zero attached hydrogens (tertiary/aromatic N) is 5. The standard InChI is InChI=1S/C26H31N5O3/c1-2-4-19-16-27-25(28-17-19)30-11-7-18(8-12-30)15-23-29-22-6-3-5-21(24(22)34-23)20-9-13-31(14-10-20)26(32)33/h3,5-6,9,16-18H,2,4,7-8,10-15H2,1H3,(H,32,33). The normalized spacial score (nSPS) is 17.3. The maximum absolute atomic E-state index is 11.2. The molecule has 0 unspecified atom stereocenters. The molecule has 1 saturated heterocycles. The number of hydrogen-bond donors (Lipinski definition) is 1. The zero-order valence-corrected chi connectivity index (χ0v) is 19.6. The number of piperidine rings is 1. The van der Waals surface area contributed by atoms with Gasteiger partial charge in [0.25, 0.3) is 0 Å². The van der Waals surface area contributed by atoms with Gasteiger partial charge in [-0.05, 0) is 48.8 Å². The number of carbonyl (C=O) groups is 1. The van der Waals surface area contributed by atoms with Crippen molar-refractivity contribution < 1.29 is 14.3 Å². The summed E-state index contributed by atoms with van der Waals surface area (Å²) in [6, 6.07) is 6.03. The van der Waals surface area contributed by atoms with Crippen molar-refractivity contribution in [3.8, 4) is 0 Å². The van der Waals surface area contributed by atoms with Gasteiger partial charge >= 0.3 is 6.09 Å². The molecule has 8 heteroatoms. The first-order valence-corrected chi connectivity index (χ1v) is 12.2. The molecule has 0 aliphatic carbocycles. The van der Waals surface area contributed by atoms with E-state index in [1.807, 2.05) is 36.7 Å². The number of rotatable bonds is 6. The first-order chi connectivity index (χ1) is 16.6. The van der Waals surface area contributed by atoms with Crippen LogP contribution in [0.3, 0.4) is 0 Å². The molecule has 2 aliphatic heterocycles. The molecule has 2 aliphatic rings. The van der Waals surface area contributed by atoms with E-state index in [1.54, 1.807) is 0 Å². The summed E-state index contributed by atoms with van der Waals surface area (Å²) in [6.07, 6.45) is 10.8. The van der Waals surface area contributed by atoms with Crippen LogP contribution < -0.4 is 4.90 Å². The maximum Gasteiger partial charge on any atom is 0.407 e. The molecule has 8 nitrogen and oxygen atoms in total. The second kappa shape index (κ2) is 9.83. The summed E-state index contributed by atoms with van der Waals surface area (Å²) < 4.78 is 6.26. The SMILES string of the molecule is CCCc1cnc(N2CCC(Cc3nc4cccc(C5=CCN(C(=O)O)CC5)c4o3)CC2)nc1. The van der Waals surface area contributed by atoms with E-state index in [0.717, 1.165) is 79.3 Å². The second-order valence-corrected chi connectivity index (χ2v) is 9.25. The molecule has 2 aromatic heterocycles. The number of anilines is 1. The minimum atomic E-state index is -0.874. The number of para-hydroxylation sites is 1. The van der Waals surface area contributed by atoms with E-state index in [4.69, 9.17) is 9.40 Å². The molecule has 0 spiro atoms. The van der Waals surface area contributed by atoms with Crippen molar-refractivity contribution in [2.75, 3.05) is 31.1 Å². The summed E-state index contributed by atoms with van der Waals surface area (Å²) in [5.74, 6) is 2.13. The molecular weight excluding hydrogens is 430 g/mol. The largest absolute Gasteiger partial charge is 0.465 e. The van der Waals surface area contributed by atoms with E-state index in [-0.39, 0.29) is 0 Å². The Hall–Kier alpha value is -3.42. The van der Waals surface area contributed by atoms with E-state index < -0.39 is 6.09 Å². The Balaban J connectivity index is 1.23. The van der Waals surface area contributed by atoms with Crippen LogP contribution in [0.5, 0.6) is 0 Å². The van der Waals surface area contributed by atoms with Crippen molar-refractivity contribution in [1.29, 1.82) is 0 Å². The third-order valence-electron chi connectivity index (χ3n) is 6.88. The number of fused-ring (bicyclic) bond motifs is 1. The van der Waals surface area contributed by atoms with Gasteiger partial charge in [0.15, 0.2) is 11.5 Å². The summed E-state index contributed by atoms with van der Waals surface area (Å²) in [6.45, 7) is 4.96. The molecule has 1 N–H and O–H groups in total. The highest BCUT2D eigenvalue weighted by Gasteiger charge is 2.24. The van der Waals surface area contributed by atoms with Crippen LogP contribution in [0.2, 0.25) is 0 Å². The van der Waals surface area contributed by atoms with Crippen molar-refractivity contribution in [3.05, 3.63) is 53.7 Å². The third kappa shape index (κ3) is 4.76. The van der Waals surface area contributed by atoms with Crippen LogP contribution in [-0.2, 0) is 12.8 Å². The number of hydrogen-bond acceptors (Lipinski definition) is 6. The lowest BCUT2D eigenvalue weighted by Crippen LogP contribution is -2.35. The molecule has 0 radical (unpaired) electrons. The minimum Gasteiger partial charge on any atom is -0.465 e. The predicted molar refractivity (Wildman–Crippen MR) is 131 cm³/mol. The van der Waals surface area contributed by atoms with E-state index in [2.05, 4.69) is 21.8 Å². The number of carboxylic acid groups (broad SMARTS) is 1. The van der Waals surface area contributed by atoms with Crippen LogP contribution >= 0.6 is 0 Å². The van der Waals surface area contributed by atoms with E-state index in [0.29, 0.717) is 25.4 Å². The molecule has 4 heterocycles.